The van der Waals surface area contributed by atoms with Gasteiger partial charge in [0.25, 0.3) is 0 Å². The van der Waals surface area contributed by atoms with Gasteiger partial charge in [-0.25, -0.2) is 4.79 Å². The molecule has 0 radical (unpaired) electrons. The zero-order chi connectivity index (χ0) is 35.7. The highest BCUT2D eigenvalue weighted by Crippen LogP contribution is 2.35. The van der Waals surface area contributed by atoms with E-state index in [1.54, 1.807) is 27.7 Å². The number of carbonyl (C=O) groups is 4. The standard InChI is InChI=1S/C16H38O5Si4.3C4H7NO/c1-12-13-15(14(2)16(17)18)25(19-22(3,4)5,20-23(6,7)8)21-24(9,10)11;3*1-3(2)4(5)6/h12-13H2,1-11H3,(H,17,18);3*1H2,2H3,(H2,5,6)/b15-14+;;;. The fraction of sp³-hybridized carbons (Fsp3) is 0.571. The van der Waals surface area contributed by atoms with Crippen LogP contribution in [0.15, 0.2) is 47.2 Å². The molecule has 0 heterocycles. The third kappa shape index (κ3) is 28.1. The maximum atomic E-state index is 11.8. The maximum Gasteiger partial charge on any atom is 0.502 e. The first-order valence-electron chi connectivity index (χ1n) is 13.8. The lowest BCUT2D eigenvalue weighted by Crippen LogP contribution is -2.62. The van der Waals surface area contributed by atoms with Crippen molar-refractivity contribution in [2.24, 2.45) is 17.2 Å². The molecule has 11 nitrogen and oxygen atoms in total. The number of rotatable bonds is 13. The zero-order valence-corrected chi connectivity index (χ0v) is 33.1. The molecule has 0 saturated heterocycles. The van der Waals surface area contributed by atoms with Crippen LogP contribution in [-0.2, 0) is 31.5 Å². The van der Waals surface area contributed by atoms with Gasteiger partial charge in [0.05, 0.1) is 0 Å². The monoisotopic (exact) mass is 677 g/mol. The summed E-state index contributed by atoms with van der Waals surface area (Å²) in [5.41, 5.74) is 15.6. The van der Waals surface area contributed by atoms with Gasteiger partial charge in [-0.2, -0.15) is 0 Å². The van der Waals surface area contributed by atoms with Crippen molar-refractivity contribution in [1.82, 2.24) is 0 Å². The number of primary amides is 3. The fourth-order valence-electron chi connectivity index (χ4n) is 2.41. The highest BCUT2D eigenvalue weighted by atomic mass is 28.5. The van der Waals surface area contributed by atoms with E-state index in [2.05, 4.69) is 78.7 Å². The van der Waals surface area contributed by atoms with Crippen molar-refractivity contribution in [3.05, 3.63) is 47.2 Å². The third-order valence-electron chi connectivity index (χ3n) is 4.23. The number of aliphatic carboxylic acids is 1. The first-order chi connectivity index (χ1) is 18.9. The summed E-state index contributed by atoms with van der Waals surface area (Å²) in [5.74, 6) is -2.22. The number of carboxylic acid groups (broad SMARTS) is 1. The van der Waals surface area contributed by atoms with Crippen molar-refractivity contribution in [3.63, 3.8) is 0 Å². The topological polar surface area (TPSA) is 194 Å². The van der Waals surface area contributed by atoms with E-state index in [0.717, 1.165) is 11.6 Å². The molecular formula is C28H59N3O8Si4. The van der Waals surface area contributed by atoms with Gasteiger partial charge in [0.15, 0.2) is 25.0 Å². The molecule has 0 aliphatic rings. The van der Waals surface area contributed by atoms with Crippen molar-refractivity contribution in [2.45, 2.75) is 106 Å². The van der Waals surface area contributed by atoms with E-state index in [4.69, 9.17) is 29.5 Å². The number of carboxylic acids is 1. The van der Waals surface area contributed by atoms with E-state index in [0.29, 0.717) is 28.7 Å². The van der Waals surface area contributed by atoms with Gasteiger partial charge in [-0.05, 0) is 93.0 Å². The van der Waals surface area contributed by atoms with Crippen LogP contribution < -0.4 is 17.2 Å². The quantitative estimate of drug-likeness (QED) is 0.148. The molecular weight excluding hydrogens is 619 g/mol. The number of hydrogen-bond acceptors (Lipinski definition) is 7. The normalized spacial score (nSPS) is 12.0. The van der Waals surface area contributed by atoms with Crippen molar-refractivity contribution in [2.75, 3.05) is 0 Å². The van der Waals surface area contributed by atoms with Crippen molar-refractivity contribution < 1.29 is 36.6 Å². The summed E-state index contributed by atoms with van der Waals surface area (Å²) in [6, 6.07) is 0. The molecule has 0 aliphatic heterocycles. The van der Waals surface area contributed by atoms with Gasteiger partial charge in [-0.1, -0.05) is 33.1 Å². The Balaban J connectivity index is -0.000000339. The lowest BCUT2D eigenvalue weighted by atomic mass is 10.2. The molecule has 0 aromatic rings. The molecule has 0 unspecified atom stereocenters. The van der Waals surface area contributed by atoms with Crippen LogP contribution in [0.25, 0.3) is 0 Å². The molecule has 0 saturated carbocycles. The first-order valence-corrected chi connectivity index (χ1v) is 25.7. The molecule has 0 aromatic carbocycles. The Kier molecular flexibility index (Phi) is 22.7. The second kappa shape index (κ2) is 20.5. The van der Waals surface area contributed by atoms with Crippen LogP contribution in [0.2, 0.25) is 58.9 Å². The molecule has 43 heavy (non-hydrogen) atoms. The van der Waals surface area contributed by atoms with Gasteiger partial charge < -0.3 is 34.7 Å². The number of amides is 3. The lowest BCUT2D eigenvalue weighted by Gasteiger charge is -2.44. The fourth-order valence-corrected chi connectivity index (χ4v) is 16.3. The summed E-state index contributed by atoms with van der Waals surface area (Å²) < 4.78 is 19.9. The molecule has 0 fully saturated rings. The van der Waals surface area contributed by atoms with E-state index in [1.807, 2.05) is 6.92 Å². The second-order valence-corrected chi connectivity index (χ2v) is 29.6. The molecule has 250 valence electrons. The minimum Gasteiger partial charge on any atom is -0.478 e. The Morgan fingerprint density at radius 3 is 0.930 bits per heavy atom. The Bertz CT molecular complexity index is 904. The van der Waals surface area contributed by atoms with Crippen LogP contribution in [0.1, 0.15) is 47.5 Å². The van der Waals surface area contributed by atoms with Gasteiger partial charge in [0, 0.05) is 27.5 Å². The Hall–Kier alpha value is -2.41. The average molecular weight is 678 g/mol. The molecule has 3 amide bonds. The summed E-state index contributed by atoms with van der Waals surface area (Å²) in [6.07, 6.45) is 1.46. The SMILES string of the molecule is C=C(C)C(N)=O.C=C(C)C(N)=O.C=C(C)C(N)=O.CCC/C(=C(/C)C(=O)O)[Si](O[Si](C)(C)C)(O[Si](C)(C)C)O[Si](C)(C)C. The minimum atomic E-state index is -3.29. The third-order valence-corrected chi connectivity index (χ3v) is 16.2. The van der Waals surface area contributed by atoms with E-state index in [1.165, 1.54) is 0 Å². The highest BCUT2D eigenvalue weighted by Gasteiger charge is 2.54. The second-order valence-electron chi connectivity index (χ2n) is 12.8. The molecule has 15 heteroatoms. The Morgan fingerprint density at radius 1 is 0.605 bits per heavy atom. The number of allylic oxidation sites excluding steroid dienone is 1. The number of carbonyl (C=O) groups excluding carboxylic acids is 3. The molecule has 0 rings (SSSR count). The van der Waals surface area contributed by atoms with E-state index in [9.17, 15) is 24.3 Å². The summed E-state index contributed by atoms with van der Waals surface area (Å²) in [6.45, 7) is 37.2. The molecule has 0 bridgehead atoms. The predicted molar refractivity (Wildman–Crippen MR) is 186 cm³/mol. The highest BCUT2D eigenvalue weighted by molar-refractivity contribution is 6.93. The van der Waals surface area contributed by atoms with Gasteiger partial charge in [-0.15, -0.1) is 0 Å². The van der Waals surface area contributed by atoms with Crippen LogP contribution in [0.4, 0.5) is 0 Å². The summed E-state index contributed by atoms with van der Waals surface area (Å²) in [5, 5.41) is 10.4. The smallest absolute Gasteiger partial charge is 0.478 e. The van der Waals surface area contributed by atoms with Crippen LogP contribution in [0.3, 0.4) is 0 Å². The van der Waals surface area contributed by atoms with E-state index in [-0.39, 0.29) is 0 Å². The minimum absolute atomic E-state index is 0.322. The van der Waals surface area contributed by atoms with Crippen LogP contribution in [-0.4, -0.2) is 62.6 Å². The Morgan fingerprint density at radius 2 is 0.814 bits per heavy atom. The van der Waals surface area contributed by atoms with Crippen LogP contribution in [0, 0.1) is 0 Å². The summed E-state index contributed by atoms with van der Waals surface area (Å²) in [7, 11) is -9.40. The van der Waals surface area contributed by atoms with Gasteiger partial charge >= 0.3 is 14.8 Å². The van der Waals surface area contributed by atoms with Crippen LogP contribution in [0.5, 0.6) is 0 Å². The van der Waals surface area contributed by atoms with Gasteiger partial charge in [0.1, 0.15) is 0 Å². The van der Waals surface area contributed by atoms with Crippen molar-refractivity contribution >= 4 is 57.4 Å². The number of nitrogens with two attached hydrogens (primary N) is 3. The Labute approximate surface area is 264 Å². The van der Waals surface area contributed by atoms with E-state index < -0.39 is 57.4 Å². The average Bonchev–Trinajstić information content (AvgIpc) is 2.74. The van der Waals surface area contributed by atoms with Crippen molar-refractivity contribution in [3.8, 4) is 0 Å². The zero-order valence-electron chi connectivity index (χ0n) is 29.1. The van der Waals surface area contributed by atoms with Crippen LogP contribution >= 0.6 is 0 Å². The molecule has 0 atom stereocenters. The summed E-state index contributed by atoms with van der Waals surface area (Å²) in [4.78, 5) is 41.3. The molecule has 0 aromatic heterocycles. The molecule has 7 N–H and O–H groups in total. The lowest BCUT2D eigenvalue weighted by molar-refractivity contribution is -0.132. The van der Waals surface area contributed by atoms with E-state index >= 15 is 0 Å². The maximum absolute atomic E-state index is 11.8. The summed E-state index contributed by atoms with van der Waals surface area (Å²) >= 11 is 0. The number of hydrogen-bond donors (Lipinski definition) is 4. The molecule has 0 aliphatic carbocycles. The largest absolute Gasteiger partial charge is 0.502 e. The first kappa shape index (κ1) is 47.5. The predicted octanol–water partition coefficient (Wildman–Crippen LogP) is 5.36. The van der Waals surface area contributed by atoms with Crippen molar-refractivity contribution in [1.29, 1.82) is 0 Å². The molecule has 0 spiro atoms. The van der Waals surface area contributed by atoms with Gasteiger partial charge in [0.2, 0.25) is 17.7 Å². The van der Waals surface area contributed by atoms with Gasteiger partial charge in [-0.3, -0.25) is 14.4 Å².